The quantitative estimate of drug-likeness (QED) is 0.919. The van der Waals surface area contributed by atoms with Crippen LogP contribution in [0.25, 0.3) is 0 Å². The van der Waals surface area contributed by atoms with E-state index in [0.29, 0.717) is 23.1 Å². The van der Waals surface area contributed by atoms with Crippen molar-refractivity contribution in [3.63, 3.8) is 0 Å². The highest BCUT2D eigenvalue weighted by Gasteiger charge is 2.07. The summed E-state index contributed by atoms with van der Waals surface area (Å²) >= 11 is 6.17. The number of halogens is 1. The maximum absolute atomic E-state index is 12.1. The van der Waals surface area contributed by atoms with Gasteiger partial charge in [-0.25, -0.2) is 0 Å². The van der Waals surface area contributed by atoms with Crippen LogP contribution in [0.15, 0.2) is 48.5 Å². The van der Waals surface area contributed by atoms with Crippen LogP contribution in [-0.4, -0.2) is 4.21 Å². The zero-order valence-electron chi connectivity index (χ0n) is 10.5. The second-order valence-corrected chi connectivity index (χ2v) is 6.21. The molecule has 0 heterocycles. The lowest BCUT2D eigenvalue weighted by atomic mass is 10.1. The van der Waals surface area contributed by atoms with E-state index in [-0.39, 0.29) is 0 Å². The number of hydrogen-bond donors (Lipinski definition) is 1. The maximum Gasteiger partial charge on any atom is 0.0503 e. The second-order valence-electron chi connectivity index (χ2n) is 4.34. The monoisotopic (exact) mass is 293 g/mol. The van der Waals surface area contributed by atoms with E-state index in [2.05, 4.69) is 0 Å². The van der Waals surface area contributed by atoms with Crippen molar-refractivity contribution in [2.24, 2.45) is 5.73 Å². The molecule has 0 aliphatic rings. The summed E-state index contributed by atoms with van der Waals surface area (Å²) in [6, 6.07) is 15.5. The Bertz CT molecular complexity index is 572. The first kappa shape index (κ1) is 14.3. The predicted molar refractivity (Wildman–Crippen MR) is 81.3 cm³/mol. The number of rotatable bonds is 5. The van der Waals surface area contributed by atoms with Crippen LogP contribution in [-0.2, 0) is 28.9 Å². The van der Waals surface area contributed by atoms with Crippen molar-refractivity contribution in [1.29, 1.82) is 0 Å². The molecule has 19 heavy (non-hydrogen) atoms. The Morgan fingerprint density at radius 1 is 1.00 bits per heavy atom. The Morgan fingerprint density at radius 3 is 2.37 bits per heavy atom. The van der Waals surface area contributed by atoms with Gasteiger partial charge in [-0.3, -0.25) is 4.21 Å². The summed E-state index contributed by atoms with van der Waals surface area (Å²) in [6.07, 6.45) is 0. The smallest absolute Gasteiger partial charge is 0.0503 e. The summed E-state index contributed by atoms with van der Waals surface area (Å²) in [5, 5.41) is 0.643. The van der Waals surface area contributed by atoms with E-state index in [1.54, 1.807) is 0 Å². The normalized spacial score (nSPS) is 12.3. The van der Waals surface area contributed by atoms with Crippen molar-refractivity contribution in [2.45, 2.75) is 18.1 Å². The SMILES string of the molecule is NCc1ccc(CS(=O)Cc2ccccc2)c(Cl)c1. The van der Waals surface area contributed by atoms with Crippen LogP contribution in [0.5, 0.6) is 0 Å². The largest absolute Gasteiger partial charge is 0.326 e. The molecule has 0 spiro atoms. The Hall–Kier alpha value is -1.16. The molecule has 0 saturated heterocycles. The van der Waals surface area contributed by atoms with E-state index in [9.17, 15) is 4.21 Å². The molecule has 4 heteroatoms. The fourth-order valence-electron chi connectivity index (χ4n) is 1.82. The average molecular weight is 294 g/mol. The molecule has 0 radical (unpaired) electrons. The van der Waals surface area contributed by atoms with E-state index in [1.807, 2.05) is 48.5 Å². The molecule has 1 atom stereocenters. The van der Waals surface area contributed by atoms with Gasteiger partial charge in [0, 0.05) is 28.1 Å². The first-order chi connectivity index (χ1) is 9.19. The van der Waals surface area contributed by atoms with Crippen LogP contribution < -0.4 is 5.73 Å². The fraction of sp³-hybridized carbons (Fsp3) is 0.200. The summed E-state index contributed by atoms with van der Waals surface area (Å²) < 4.78 is 12.1. The number of nitrogens with two attached hydrogens (primary N) is 1. The molecule has 2 aromatic rings. The van der Waals surface area contributed by atoms with Crippen molar-refractivity contribution in [3.8, 4) is 0 Å². The van der Waals surface area contributed by atoms with Crippen molar-refractivity contribution >= 4 is 22.4 Å². The average Bonchev–Trinajstić information content (AvgIpc) is 2.42. The Morgan fingerprint density at radius 2 is 1.74 bits per heavy atom. The van der Waals surface area contributed by atoms with Gasteiger partial charge in [-0.2, -0.15) is 0 Å². The lowest BCUT2D eigenvalue weighted by molar-refractivity contribution is 0.682. The zero-order valence-corrected chi connectivity index (χ0v) is 12.1. The van der Waals surface area contributed by atoms with Crippen LogP contribution in [0.3, 0.4) is 0 Å². The first-order valence-electron chi connectivity index (χ1n) is 6.05. The highest BCUT2D eigenvalue weighted by molar-refractivity contribution is 7.83. The molecule has 0 saturated carbocycles. The third-order valence-electron chi connectivity index (χ3n) is 2.84. The fourth-order valence-corrected chi connectivity index (χ4v) is 3.43. The van der Waals surface area contributed by atoms with Gasteiger partial charge in [0.1, 0.15) is 0 Å². The molecule has 0 amide bonds. The summed E-state index contributed by atoms with van der Waals surface area (Å²) in [5.41, 5.74) is 8.53. The van der Waals surface area contributed by atoms with E-state index in [4.69, 9.17) is 17.3 Å². The molecular formula is C15H16ClNOS. The third kappa shape index (κ3) is 4.16. The highest BCUT2D eigenvalue weighted by atomic mass is 35.5. The van der Waals surface area contributed by atoms with Crippen LogP contribution in [0, 0.1) is 0 Å². The molecule has 2 nitrogen and oxygen atoms in total. The summed E-state index contributed by atoms with van der Waals surface area (Å²) in [7, 11) is -0.957. The molecule has 2 aromatic carbocycles. The lowest BCUT2D eigenvalue weighted by Gasteiger charge is -2.06. The molecular weight excluding hydrogens is 278 g/mol. The second kappa shape index (κ2) is 6.85. The van der Waals surface area contributed by atoms with Gasteiger partial charge in [-0.15, -0.1) is 0 Å². The summed E-state index contributed by atoms with van der Waals surface area (Å²) in [6.45, 7) is 0.465. The standard InChI is InChI=1S/C15H16ClNOS/c16-15-8-13(9-17)6-7-14(15)11-19(18)10-12-4-2-1-3-5-12/h1-8H,9-11,17H2. The lowest BCUT2D eigenvalue weighted by Crippen LogP contribution is -2.01. The summed E-state index contributed by atoms with van der Waals surface area (Å²) in [5.74, 6) is 1.02. The van der Waals surface area contributed by atoms with Crippen molar-refractivity contribution in [3.05, 3.63) is 70.2 Å². The molecule has 100 valence electrons. The topological polar surface area (TPSA) is 43.1 Å². The van der Waals surface area contributed by atoms with Gasteiger partial charge in [0.2, 0.25) is 0 Å². The van der Waals surface area contributed by atoms with Gasteiger partial charge in [0.25, 0.3) is 0 Å². The van der Waals surface area contributed by atoms with Crippen LogP contribution in [0.2, 0.25) is 5.02 Å². The third-order valence-corrected chi connectivity index (χ3v) is 4.48. The molecule has 2 N–H and O–H groups in total. The molecule has 0 bridgehead atoms. The van der Waals surface area contributed by atoms with Crippen LogP contribution in [0.1, 0.15) is 16.7 Å². The van der Waals surface area contributed by atoms with E-state index in [1.165, 1.54) is 0 Å². The minimum absolute atomic E-state index is 0.465. The highest BCUT2D eigenvalue weighted by Crippen LogP contribution is 2.20. The molecule has 0 aliphatic carbocycles. The van der Waals surface area contributed by atoms with E-state index < -0.39 is 10.8 Å². The van der Waals surface area contributed by atoms with Gasteiger partial charge >= 0.3 is 0 Å². The molecule has 1 unspecified atom stereocenters. The van der Waals surface area contributed by atoms with E-state index in [0.717, 1.165) is 16.7 Å². The van der Waals surface area contributed by atoms with Crippen molar-refractivity contribution in [2.75, 3.05) is 0 Å². The van der Waals surface area contributed by atoms with Gasteiger partial charge in [0.05, 0.1) is 5.75 Å². The Balaban J connectivity index is 2.03. The molecule has 0 aromatic heterocycles. The van der Waals surface area contributed by atoms with E-state index >= 15 is 0 Å². The predicted octanol–water partition coefficient (Wildman–Crippen LogP) is 3.25. The molecule has 0 fully saturated rings. The van der Waals surface area contributed by atoms with Gasteiger partial charge < -0.3 is 5.73 Å². The summed E-state index contributed by atoms with van der Waals surface area (Å²) in [4.78, 5) is 0. The Labute approximate surface area is 121 Å². The van der Waals surface area contributed by atoms with Gasteiger partial charge in [-0.05, 0) is 22.8 Å². The van der Waals surface area contributed by atoms with Gasteiger partial charge in [0.15, 0.2) is 0 Å². The first-order valence-corrected chi connectivity index (χ1v) is 7.92. The minimum atomic E-state index is -0.957. The molecule has 2 rings (SSSR count). The van der Waals surface area contributed by atoms with Crippen LogP contribution >= 0.6 is 11.6 Å². The maximum atomic E-state index is 12.1. The van der Waals surface area contributed by atoms with Gasteiger partial charge in [-0.1, -0.05) is 54.1 Å². The number of hydrogen-bond acceptors (Lipinski definition) is 2. The minimum Gasteiger partial charge on any atom is -0.326 e. The molecule has 0 aliphatic heterocycles. The van der Waals surface area contributed by atoms with Crippen molar-refractivity contribution < 1.29 is 4.21 Å². The number of benzene rings is 2. The Kier molecular flexibility index (Phi) is 5.14. The zero-order chi connectivity index (χ0) is 13.7. The van der Waals surface area contributed by atoms with Crippen LogP contribution in [0.4, 0.5) is 0 Å². The van der Waals surface area contributed by atoms with Crippen molar-refractivity contribution in [1.82, 2.24) is 0 Å².